The summed E-state index contributed by atoms with van der Waals surface area (Å²) in [6.07, 6.45) is 14.5. The average molecular weight is 173 g/mol. The smallest absolute Gasteiger partial charge is 0.0147 e. The van der Waals surface area contributed by atoms with Gasteiger partial charge in [0.1, 0.15) is 0 Å². The molecule has 0 radical (unpaired) electrons. The van der Waals surface area contributed by atoms with E-state index >= 15 is 0 Å². The Morgan fingerprint density at radius 2 is 2.08 bits per heavy atom. The highest BCUT2D eigenvalue weighted by atomic mass is 14.7. The number of aryl methyl sites for hydroxylation is 1. The van der Waals surface area contributed by atoms with Crippen molar-refractivity contribution in [3.05, 3.63) is 48.3 Å². The Labute approximate surface area is 79.2 Å². The zero-order chi connectivity index (χ0) is 8.93. The maximum atomic E-state index is 3.23. The van der Waals surface area contributed by atoms with E-state index in [1.165, 1.54) is 25.0 Å². The second-order valence-electron chi connectivity index (χ2n) is 3.52. The molecule has 0 aliphatic heterocycles. The monoisotopic (exact) mass is 173 g/mol. The van der Waals surface area contributed by atoms with Crippen molar-refractivity contribution >= 4 is 0 Å². The average Bonchev–Trinajstić information content (AvgIpc) is 2.75. The van der Waals surface area contributed by atoms with Crippen molar-refractivity contribution in [1.82, 2.24) is 4.98 Å². The van der Waals surface area contributed by atoms with Crippen LogP contribution in [0.2, 0.25) is 0 Å². The third kappa shape index (κ3) is 2.35. The maximum absolute atomic E-state index is 3.23. The van der Waals surface area contributed by atoms with Crippen LogP contribution in [0.15, 0.2) is 42.6 Å². The Morgan fingerprint density at radius 3 is 2.77 bits per heavy atom. The maximum Gasteiger partial charge on any atom is 0.0147 e. The molecule has 0 spiro atoms. The van der Waals surface area contributed by atoms with Gasteiger partial charge in [0.15, 0.2) is 0 Å². The van der Waals surface area contributed by atoms with Crippen LogP contribution in [-0.4, -0.2) is 4.98 Å². The van der Waals surface area contributed by atoms with Crippen molar-refractivity contribution in [1.29, 1.82) is 0 Å². The van der Waals surface area contributed by atoms with Gasteiger partial charge in [0.25, 0.3) is 0 Å². The van der Waals surface area contributed by atoms with Gasteiger partial charge in [-0.25, -0.2) is 0 Å². The number of aromatic nitrogens is 1. The number of allylic oxidation sites excluding steroid dienone is 4. The molecule has 2 rings (SSSR count). The SMILES string of the molecule is C1=CC(CCCc2ccc[nH]2)C=C1. The van der Waals surface area contributed by atoms with E-state index in [2.05, 4.69) is 41.4 Å². The molecule has 13 heavy (non-hydrogen) atoms. The number of hydrogen-bond acceptors (Lipinski definition) is 0. The summed E-state index contributed by atoms with van der Waals surface area (Å²) in [6.45, 7) is 0. The number of hydrogen-bond donors (Lipinski definition) is 1. The first-order valence-corrected chi connectivity index (χ1v) is 4.92. The van der Waals surface area contributed by atoms with E-state index in [4.69, 9.17) is 0 Å². The van der Waals surface area contributed by atoms with Crippen LogP contribution in [0, 0.1) is 5.92 Å². The summed E-state index contributed by atoms with van der Waals surface area (Å²) >= 11 is 0. The highest BCUT2D eigenvalue weighted by molar-refractivity contribution is 5.17. The molecular formula is C12H15N. The molecule has 0 fully saturated rings. The van der Waals surface area contributed by atoms with Gasteiger partial charge < -0.3 is 4.98 Å². The van der Waals surface area contributed by atoms with Crippen LogP contribution in [0.5, 0.6) is 0 Å². The zero-order valence-corrected chi connectivity index (χ0v) is 7.74. The lowest BCUT2D eigenvalue weighted by Gasteiger charge is -2.03. The van der Waals surface area contributed by atoms with Crippen LogP contribution in [0.4, 0.5) is 0 Å². The van der Waals surface area contributed by atoms with Gasteiger partial charge in [-0.1, -0.05) is 24.3 Å². The van der Waals surface area contributed by atoms with E-state index in [0.29, 0.717) is 5.92 Å². The minimum absolute atomic E-state index is 0.690. The molecule has 1 N–H and O–H groups in total. The van der Waals surface area contributed by atoms with Gasteiger partial charge in [-0.3, -0.25) is 0 Å². The predicted molar refractivity (Wildman–Crippen MR) is 55.5 cm³/mol. The third-order valence-corrected chi connectivity index (χ3v) is 2.47. The Bertz CT molecular complexity index is 281. The second kappa shape index (κ2) is 4.13. The molecule has 1 aromatic rings. The fraction of sp³-hybridized carbons (Fsp3) is 0.333. The van der Waals surface area contributed by atoms with Gasteiger partial charge in [-0.15, -0.1) is 0 Å². The number of nitrogens with one attached hydrogen (secondary N) is 1. The molecular weight excluding hydrogens is 158 g/mol. The summed E-state index contributed by atoms with van der Waals surface area (Å²) in [5.74, 6) is 0.690. The molecule has 1 heterocycles. The summed E-state index contributed by atoms with van der Waals surface area (Å²) < 4.78 is 0. The summed E-state index contributed by atoms with van der Waals surface area (Å²) in [5.41, 5.74) is 1.35. The lowest BCUT2D eigenvalue weighted by molar-refractivity contribution is 0.653. The number of H-pyrrole nitrogens is 1. The van der Waals surface area contributed by atoms with Gasteiger partial charge in [0, 0.05) is 11.9 Å². The molecule has 0 saturated heterocycles. The van der Waals surface area contributed by atoms with Crippen LogP contribution in [0.3, 0.4) is 0 Å². The third-order valence-electron chi connectivity index (χ3n) is 2.47. The summed E-state index contributed by atoms with van der Waals surface area (Å²) in [7, 11) is 0. The van der Waals surface area contributed by atoms with Crippen LogP contribution in [0.25, 0.3) is 0 Å². The Hall–Kier alpha value is -1.24. The molecule has 1 aliphatic rings. The Balaban J connectivity index is 1.69. The van der Waals surface area contributed by atoms with E-state index in [9.17, 15) is 0 Å². The number of rotatable bonds is 4. The van der Waals surface area contributed by atoms with Gasteiger partial charge in [0.2, 0.25) is 0 Å². The predicted octanol–water partition coefficient (Wildman–Crippen LogP) is 3.08. The molecule has 0 aromatic carbocycles. The normalized spacial score (nSPS) is 15.7. The molecule has 0 atom stereocenters. The highest BCUT2D eigenvalue weighted by Crippen LogP contribution is 2.16. The molecule has 1 nitrogen and oxygen atoms in total. The van der Waals surface area contributed by atoms with Crippen LogP contribution in [0.1, 0.15) is 18.5 Å². The second-order valence-corrected chi connectivity index (χ2v) is 3.52. The largest absolute Gasteiger partial charge is 0.365 e. The molecule has 1 heteroatoms. The van der Waals surface area contributed by atoms with Crippen molar-refractivity contribution in [2.75, 3.05) is 0 Å². The van der Waals surface area contributed by atoms with Crippen LogP contribution >= 0.6 is 0 Å². The van der Waals surface area contributed by atoms with E-state index in [0.717, 1.165) is 0 Å². The van der Waals surface area contributed by atoms with Gasteiger partial charge >= 0.3 is 0 Å². The first-order valence-electron chi connectivity index (χ1n) is 4.92. The van der Waals surface area contributed by atoms with Gasteiger partial charge in [-0.05, 0) is 37.3 Å². The molecule has 1 aromatic heterocycles. The van der Waals surface area contributed by atoms with Crippen molar-refractivity contribution in [3.8, 4) is 0 Å². The molecule has 0 amide bonds. The Kier molecular flexibility index (Phi) is 2.65. The topological polar surface area (TPSA) is 15.8 Å². The van der Waals surface area contributed by atoms with Gasteiger partial charge in [0.05, 0.1) is 0 Å². The Morgan fingerprint density at radius 1 is 1.23 bits per heavy atom. The van der Waals surface area contributed by atoms with E-state index in [1.54, 1.807) is 0 Å². The zero-order valence-electron chi connectivity index (χ0n) is 7.74. The fourth-order valence-electron chi connectivity index (χ4n) is 1.72. The molecule has 68 valence electrons. The van der Waals surface area contributed by atoms with Crippen molar-refractivity contribution < 1.29 is 0 Å². The van der Waals surface area contributed by atoms with Crippen LogP contribution in [-0.2, 0) is 6.42 Å². The number of aromatic amines is 1. The molecule has 0 unspecified atom stereocenters. The summed E-state index contributed by atoms with van der Waals surface area (Å²) in [6, 6.07) is 4.21. The fourth-order valence-corrected chi connectivity index (χ4v) is 1.72. The van der Waals surface area contributed by atoms with E-state index in [1.807, 2.05) is 6.20 Å². The van der Waals surface area contributed by atoms with E-state index < -0.39 is 0 Å². The van der Waals surface area contributed by atoms with Crippen molar-refractivity contribution in [3.63, 3.8) is 0 Å². The molecule has 0 saturated carbocycles. The highest BCUT2D eigenvalue weighted by Gasteiger charge is 2.03. The van der Waals surface area contributed by atoms with E-state index in [-0.39, 0.29) is 0 Å². The molecule has 0 bridgehead atoms. The van der Waals surface area contributed by atoms with Crippen LogP contribution < -0.4 is 0 Å². The lowest BCUT2D eigenvalue weighted by atomic mass is 10.0. The standard InChI is InChI=1S/C12H15N/c1-2-6-11(5-1)7-3-8-12-9-4-10-13-12/h1-2,4-6,9-11,13H,3,7-8H2. The van der Waals surface area contributed by atoms with Crippen molar-refractivity contribution in [2.45, 2.75) is 19.3 Å². The first-order chi connectivity index (χ1) is 6.45. The summed E-state index contributed by atoms with van der Waals surface area (Å²) in [5, 5.41) is 0. The summed E-state index contributed by atoms with van der Waals surface area (Å²) in [4.78, 5) is 3.23. The minimum Gasteiger partial charge on any atom is -0.365 e. The lowest BCUT2D eigenvalue weighted by Crippen LogP contribution is -1.92. The van der Waals surface area contributed by atoms with Gasteiger partial charge in [-0.2, -0.15) is 0 Å². The minimum atomic E-state index is 0.690. The molecule has 1 aliphatic carbocycles. The quantitative estimate of drug-likeness (QED) is 0.720. The van der Waals surface area contributed by atoms with Crippen molar-refractivity contribution in [2.24, 2.45) is 5.92 Å². The first kappa shape index (κ1) is 8.36.